The van der Waals surface area contributed by atoms with Gasteiger partial charge < -0.3 is 15.6 Å². The van der Waals surface area contributed by atoms with E-state index in [1.807, 2.05) is 13.8 Å². The first-order valence-electron chi connectivity index (χ1n) is 4.87. The third-order valence-corrected chi connectivity index (χ3v) is 2.14. The predicted octanol–water partition coefficient (Wildman–Crippen LogP) is 2.66. The predicted molar refractivity (Wildman–Crippen MR) is 63.2 cm³/mol. The van der Waals surface area contributed by atoms with Gasteiger partial charge in [0.15, 0.2) is 5.75 Å². The van der Waals surface area contributed by atoms with Gasteiger partial charge in [0.05, 0.1) is 11.6 Å². The van der Waals surface area contributed by atoms with Gasteiger partial charge in [0.1, 0.15) is 5.56 Å². The minimum absolute atomic E-state index is 0.00866. The van der Waals surface area contributed by atoms with Gasteiger partial charge in [-0.3, -0.25) is 0 Å². The van der Waals surface area contributed by atoms with Crippen LogP contribution >= 0.6 is 11.6 Å². The summed E-state index contributed by atoms with van der Waals surface area (Å²) in [6, 6.07) is 2.81. The number of aromatic carboxylic acids is 1. The lowest BCUT2D eigenvalue weighted by molar-refractivity contribution is 0.0691. The van der Waals surface area contributed by atoms with E-state index in [4.69, 9.17) is 27.2 Å². The highest BCUT2D eigenvalue weighted by atomic mass is 35.5. The summed E-state index contributed by atoms with van der Waals surface area (Å²) in [5, 5.41) is 9.21. The van der Waals surface area contributed by atoms with E-state index in [9.17, 15) is 4.79 Å². The molecule has 4 nitrogen and oxygen atoms in total. The Morgan fingerprint density at radius 2 is 2.19 bits per heavy atom. The zero-order valence-electron chi connectivity index (χ0n) is 9.16. The fraction of sp³-hybridized carbons (Fsp3) is 0.364. The monoisotopic (exact) mass is 243 g/mol. The van der Waals surface area contributed by atoms with Gasteiger partial charge in [-0.25, -0.2) is 4.79 Å². The molecule has 1 rings (SSSR count). The quantitative estimate of drug-likeness (QED) is 0.798. The van der Waals surface area contributed by atoms with Crippen LogP contribution in [0.1, 0.15) is 24.2 Å². The van der Waals surface area contributed by atoms with Crippen LogP contribution in [0.2, 0.25) is 5.02 Å². The van der Waals surface area contributed by atoms with Crippen molar-refractivity contribution in [2.45, 2.75) is 13.8 Å². The van der Waals surface area contributed by atoms with E-state index in [0.29, 0.717) is 12.3 Å². The number of benzene rings is 1. The highest BCUT2D eigenvalue weighted by Crippen LogP contribution is 2.31. The van der Waals surface area contributed by atoms with Crippen LogP contribution in [0.25, 0.3) is 0 Å². The second kappa shape index (κ2) is 5.07. The van der Waals surface area contributed by atoms with Crippen molar-refractivity contribution in [2.24, 2.45) is 5.92 Å². The van der Waals surface area contributed by atoms with Crippen LogP contribution in [-0.2, 0) is 0 Å². The molecular formula is C11H14ClNO3. The van der Waals surface area contributed by atoms with E-state index in [1.54, 1.807) is 0 Å². The summed E-state index contributed by atoms with van der Waals surface area (Å²) in [6.07, 6.45) is 0. The maximum absolute atomic E-state index is 11.0. The minimum Gasteiger partial charge on any atom is -0.491 e. The lowest BCUT2D eigenvalue weighted by atomic mass is 10.1. The molecule has 0 saturated heterocycles. The first kappa shape index (κ1) is 12.6. The molecule has 0 bridgehead atoms. The molecule has 1 aromatic rings. The van der Waals surface area contributed by atoms with Crippen molar-refractivity contribution in [3.63, 3.8) is 0 Å². The second-order valence-electron chi connectivity index (χ2n) is 3.89. The zero-order chi connectivity index (χ0) is 12.3. The van der Waals surface area contributed by atoms with Gasteiger partial charge in [0.25, 0.3) is 0 Å². The fourth-order valence-corrected chi connectivity index (χ4v) is 1.45. The molecule has 0 unspecified atom stereocenters. The lowest BCUT2D eigenvalue weighted by Gasteiger charge is -2.13. The lowest BCUT2D eigenvalue weighted by Crippen LogP contribution is -2.09. The van der Waals surface area contributed by atoms with Crippen molar-refractivity contribution in [2.75, 3.05) is 12.3 Å². The van der Waals surface area contributed by atoms with Crippen molar-refractivity contribution in [1.29, 1.82) is 0 Å². The van der Waals surface area contributed by atoms with Gasteiger partial charge >= 0.3 is 5.97 Å². The van der Waals surface area contributed by atoms with Crippen LogP contribution < -0.4 is 10.5 Å². The molecule has 0 amide bonds. The van der Waals surface area contributed by atoms with Crippen LogP contribution in [-0.4, -0.2) is 17.7 Å². The molecule has 88 valence electrons. The largest absolute Gasteiger partial charge is 0.491 e. The summed E-state index contributed by atoms with van der Waals surface area (Å²) in [5.41, 5.74) is 5.81. The number of anilines is 1. The maximum atomic E-state index is 11.0. The number of carboxylic acids is 1. The summed E-state index contributed by atoms with van der Waals surface area (Å²) in [6.45, 7) is 4.33. The second-order valence-corrected chi connectivity index (χ2v) is 4.30. The smallest absolute Gasteiger partial charge is 0.339 e. The Morgan fingerprint density at radius 1 is 1.56 bits per heavy atom. The Bertz CT molecular complexity index is 404. The number of carboxylic acid groups (broad SMARTS) is 1. The number of halogens is 1. The van der Waals surface area contributed by atoms with Gasteiger partial charge in [-0.1, -0.05) is 25.4 Å². The van der Waals surface area contributed by atoms with Crippen LogP contribution in [0.5, 0.6) is 5.75 Å². The van der Waals surface area contributed by atoms with E-state index < -0.39 is 5.97 Å². The van der Waals surface area contributed by atoms with Gasteiger partial charge in [-0.15, -0.1) is 0 Å². The average Bonchev–Trinajstić information content (AvgIpc) is 2.14. The summed E-state index contributed by atoms with van der Waals surface area (Å²) in [7, 11) is 0. The van der Waals surface area contributed by atoms with E-state index in [0.717, 1.165) is 0 Å². The molecule has 0 radical (unpaired) electrons. The molecule has 16 heavy (non-hydrogen) atoms. The number of hydrogen-bond donors (Lipinski definition) is 2. The Hall–Kier alpha value is -1.42. The molecule has 0 aliphatic carbocycles. The van der Waals surface area contributed by atoms with Crippen LogP contribution in [0, 0.1) is 5.92 Å². The van der Waals surface area contributed by atoms with E-state index in [1.165, 1.54) is 12.1 Å². The third kappa shape index (κ3) is 3.03. The molecule has 1 aromatic carbocycles. The Kier molecular flexibility index (Phi) is 4.01. The van der Waals surface area contributed by atoms with Crippen LogP contribution in [0.15, 0.2) is 12.1 Å². The third-order valence-electron chi connectivity index (χ3n) is 1.86. The highest BCUT2D eigenvalue weighted by Gasteiger charge is 2.16. The summed E-state index contributed by atoms with van der Waals surface area (Å²) >= 11 is 5.89. The molecule has 5 heteroatoms. The molecule has 3 N–H and O–H groups in total. The standard InChI is InChI=1S/C11H14ClNO3/c1-6(2)5-16-10-8(11(14)15)3-7(13)4-9(10)12/h3-4,6H,5,13H2,1-2H3,(H,14,15). The Morgan fingerprint density at radius 3 is 2.69 bits per heavy atom. The number of carbonyl (C=O) groups is 1. The molecule has 0 spiro atoms. The van der Waals surface area contributed by atoms with E-state index in [-0.39, 0.29) is 22.3 Å². The highest BCUT2D eigenvalue weighted by molar-refractivity contribution is 6.33. The van der Waals surface area contributed by atoms with Crippen molar-refractivity contribution >= 4 is 23.3 Å². The number of hydrogen-bond acceptors (Lipinski definition) is 3. The van der Waals surface area contributed by atoms with E-state index in [2.05, 4.69) is 0 Å². The normalized spacial score (nSPS) is 10.5. The molecular weight excluding hydrogens is 230 g/mol. The topological polar surface area (TPSA) is 72.5 Å². The molecule has 0 aliphatic heterocycles. The first-order chi connectivity index (χ1) is 7.41. The van der Waals surface area contributed by atoms with Gasteiger partial charge in [0.2, 0.25) is 0 Å². The number of ether oxygens (including phenoxy) is 1. The molecule has 0 heterocycles. The van der Waals surface area contributed by atoms with Crippen molar-refractivity contribution in [3.8, 4) is 5.75 Å². The van der Waals surface area contributed by atoms with Gasteiger partial charge in [0, 0.05) is 5.69 Å². The Labute approximate surface area is 99.0 Å². The van der Waals surface area contributed by atoms with Gasteiger partial charge in [-0.2, -0.15) is 0 Å². The van der Waals surface area contributed by atoms with Crippen LogP contribution in [0.4, 0.5) is 5.69 Å². The number of nitrogen functional groups attached to an aromatic ring is 1. The average molecular weight is 244 g/mol. The maximum Gasteiger partial charge on any atom is 0.339 e. The molecule has 0 aliphatic rings. The summed E-state index contributed by atoms with van der Waals surface area (Å²) in [5.74, 6) is -0.639. The zero-order valence-corrected chi connectivity index (χ0v) is 9.91. The Balaban J connectivity index is 3.09. The van der Waals surface area contributed by atoms with Crippen molar-refractivity contribution in [3.05, 3.63) is 22.7 Å². The molecule has 0 saturated carbocycles. The van der Waals surface area contributed by atoms with Crippen LogP contribution in [0.3, 0.4) is 0 Å². The van der Waals surface area contributed by atoms with Crippen molar-refractivity contribution < 1.29 is 14.6 Å². The fourth-order valence-electron chi connectivity index (χ4n) is 1.17. The first-order valence-corrected chi connectivity index (χ1v) is 5.24. The minimum atomic E-state index is -1.10. The molecule has 0 aromatic heterocycles. The molecule has 0 fully saturated rings. The number of nitrogens with two attached hydrogens (primary N) is 1. The number of rotatable bonds is 4. The SMILES string of the molecule is CC(C)COc1c(Cl)cc(N)cc1C(=O)O. The molecule has 0 atom stereocenters. The van der Waals surface area contributed by atoms with Crippen molar-refractivity contribution in [1.82, 2.24) is 0 Å². The van der Waals surface area contributed by atoms with E-state index >= 15 is 0 Å². The summed E-state index contributed by atoms with van der Waals surface area (Å²) < 4.78 is 5.38. The van der Waals surface area contributed by atoms with Gasteiger partial charge in [-0.05, 0) is 18.1 Å². The summed E-state index contributed by atoms with van der Waals surface area (Å²) in [4.78, 5) is 11.0.